The van der Waals surface area contributed by atoms with Gasteiger partial charge in [0.15, 0.2) is 0 Å². The molecule has 1 aliphatic heterocycles. The molecule has 2 N–H and O–H groups in total. The smallest absolute Gasteiger partial charge is 0.269 e. The summed E-state index contributed by atoms with van der Waals surface area (Å²) in [5.41, 5.74) is 6.52. The Morgan fingerprint density at radius 3 is 2.78 bits per heavy atom. The summed E-state index contributed by atoms with van der Waals surface area (Å²) in [4.78, 5) is 20.0. The van der Waals surface area contributed by atoms with Crippen LogP contribution in [0.25, 0.3) is 11.0 Å². The van der Waals surface area contributed by atoms with Crippen molar-refractivity contribution in [2.75, 3.05) is 20.2 Å². The molecule has 2 heterocycles. The number of benzene rings is 2. The van der Waals surface area contributed by atoms with Crippen molar-refractivity contribution in [1.82, 2.24) is 20.4 Å². The third kappa shape index (κ3) is 3.95. The molecule has 0 bridgehead atoms. The van der Waals surface area contributed by atoms with Crippen LogP contribution in [-0.4, -0.2) is 41.1 Å². The third-order valence-corrected chi connectivity index (χ3v) is 5.23. The second kappa shape index (κ2) is 7.80. The van der Waals surface area contributed by atoms with E-state index in [1.165, 1.54) is 5.56 Å². The Hall–Kier alpha value is -2.86. The predicted molar refractivity (Wildman–Crippen MR) is 105 cm³/mol. The van der Waals surface area contributed by atoms with Crippen molar-refractivity contribution < 1.29 is 9.53 Å². The number of H-pyrrole nitrogens is 1. The number of rotatable bonds is 5. The molecule has 6 nitrogen and oxygen atoms in total. The van der Waals surface area contributed by atoms with E-state index in [1.54, 1.807) is 19.5 Å². The zero-order valence-electron chi connectivity index (χ0n) is 15.4. The number of methoxy groups -OCH3 is 1. The first kappa shape index (κ1) is 17.5. The number of nitrogens with one attached hydrogen (secondary N) is 2. The number of carbonyl (C=O) groups excluding carboxylic acids is 1. The molecule has 1 aliphatic rings. The molecule has 1 saturated heterocycles. The molecule has 2 aromatic carbocycles. The van der Waals surface area contributed by atoms with Crippen molar-refractivity contribution >= 4 is 16.9 Å². The number of imidazole rings is 1. The van der Waals surface area contributed by atoms with Gasteiger partial charge in [-0.15, -0.1) is 0 Å². The quantitative estimate of drug-likeness (QED) is 0.730. The van der Waals surface area contributed by atoms with Gasteiger partial charge in [-0.3, -0.25) is 10.2 Å². The van der Waals surface area contributed by atoms with Crippen LogP contribution >= 0.6 is 0 Å². The van der Waals surface area contributed by atoms with E-state index in [0.717, 1.165) is 43.4 Å². The lowest BCUT2D eigenvalue weighted by atomic mass is 9.91. The molecule has 0 unspecified atom stereocenters. The average molecular weight is 364 g/mol. The number of hydrazine groups is 1. The molecular formula is C21H24N4O2. The topological polar surface area (TPSA) is 70.2 Å². The summed E-state index contributed by atoms with van der Waals surface area (Å²) in [6.07, 6.45) is 4.87. The minimum Gasteiger partial charge on any atom is -0.496 e. The van der Waals surface area contributed by atoms with Crippen molar-refractivity contribution in [3.8, 4) is 5.75 Å². The van der Waals surface area contributed by atoms with Crippen LogP contribution in [0.5, 0.6) is 5.75 Å². The van der Waals surface area contributed by atoms with E-state index in [2.05, 4.69) is 45.7 Å². The SMILES string of the molecule is COc1cc2[nH]cnc2cc1C(=O)NN1CCC(Cc2ccccc2)CC1. The highest BCUT2D eigenvalue weighted by atomic mass is 16.5. The summed E-state index contributed by atoms with van der Waals surface area (Å²) in [7, 11) is 1.57. The van der Waals surface area contributed by atoms with E-state index in [-0.39, 0.29) is 5.91 Å². The first-order valence-corrected chi connectivity index (χ1v) is 9.34. The average Bonchev–Trinajstić information content (AvgIpc) is 3.16. The van der Waals surface area contributed by atoms with Gasteiger partial charge in [-0.05, 0) is 36.8 Å². The molecule has 0 saturated carbocycles. The van der Waals surface area contributed by atoms with E-state index in [0.29, 0.717) is 17.2 Å². The van der Waals surface area contributed by atoms with Crippen LogP contribution in [0, 0.1) is 5.92 Å². The van der Waals surface area contributed by atoms with Crippen molar-refractivity contribution in [3.05, 3.63) is 59.9 Å². The molecule has 3 aromatic rings. The Bertz CT molecular complexity index is 914. The highest BCUT2D eigenvalue weighted by molar-refractivity contribution is 6.00. The fourth-order valence-corrected chi connectivity index (χ4v) is 3.71. The lowest BCUT2D eigenvalue weighted by molar-refractivity contribution is 0.0699. The molecule has 0 aliphatic carbocycles. The van der Waals surface area contributed by atoms with Gasteiger partial charge in [0, 0.05) is 19.2 Å². The Kier molecular flexibility index (Phi) is 5.07. The molecule has 27 heavy (non-hydrogen) atoms. The normalized spacial score (nSPS) is 15.7. The molecule has 140 valence electrons. The van der Waals surface area contributed by atoms with Crippen LogP contribution in [0.1, 0.15) is 28.8 Å². The standard InChI is InChI=1S/C21H24N4O2/c1-27-20-13-19-18(22-14-23-19)12-17(20)21(26)24-25-9-7-16(8-10-25)11-15-5-3-2-4-6-15/h2-6,12-14,16H,7-11H2,1H3,(H,22,23)(H,24,26). The minimum atomic E-state index is -0.154. The number of hydrogen-bond donors (Lipinski definition) is 2. The number of hydrogen-bond acceptors (Lipinski definition) is 4. The van der Waals surface area contributed by atoms with Gasteiger partial charge in [0.05, 0.1) is 30.0 Å². The van der Waals surface area contributed by atoms with Gasteiger partial charge in [0.1, 0.15) is 5.75 Å². The summed E-state index contributed by atoms with van der Waals surface area (Å²) < 4.78 is 5.39. The number of nitrogens with zero attached hydrogens (tertiary/aromatic N) is 2. The summed E-state index contributed by atoms with van der Waals surface area (Å²) in [6.45, 7) is 1.71. The minimum absolute atomic E-state index is 0.154. The molecule has 0 spiro atoms. The van der Waals surface area contributed by atoms with Crippen molar-refractivity contribution in [3.63, 3.8) is 0 Å². The van der Waals surface area contributed by atoms with Crippen LogP contribution in [0.3, 0.4) is 0 Å². The number of aromatic nitrogens is 2. The molecule has 1 amide bonds. The second-order valence-corrected chi connectivity index (χ2v) is 7.03. The predicted octanol–water partition coefficient (Wildman–Crippen LogP) is 3.17. The first-order chi connectivity index (χ1) is 13.2. The van der Waals surface area contributed by atoms with E-state index in [4.69, 9.17) is 4.74 Å². The van der Waals surface area contributed by atoms with Gasteiger partial charge in [0.2, 0.25) is 0 Å². The van der Waals surface area contributed by atoms with Crippen LogP contribution in [0.2, 0.25) is 0 Å². The fraction of sp³-hybridized carbons (Fsp3) is 0.333. The highest BCUT2D eigenvalue weighted by Gasteiger charge is 2.22. The van der Waals surface area contributed by atoms with Crippen molar-refractivity contribution in [1.29, 1.82) is 0 Å². The van der Waals surface area contributed by atoms with Crippen LogP contribution in [0.15, 0.2) is 48.8 Å². The monoisotopic (exact) mass is 364 g/mol. The van der Waals surface area contributed by atoms with Crippen LogP contribution < -0.4 is 10.2 Å². The maximum Gasteiger partial charge on any atom is 0.269 e. The number of aromatic amines is 1. The van der Waals surface area contributed by atoms with Gasteiger partial charge in [-0.1, -0.05) is 30.3 Å². The van der Waals surface area contributed by atoms with Gasteiger partial charge < -0.3 is 9.72 Å². The Morgan fingerprint density at radius 1 is 1.26 bits per heavy atom. The van der Waals surface area contributed by atoms with Gasteiger partial charge in [0.25, 0.3) is 5.91 Å². The number of piperidine rings is 1. The Morgan fingerprint density at radius 2 is 2.04 bits per heavy atom. The number of fused-ring (bicyclic) bond motifs is 1. The molecule has 1 fully saturated rings. The Balaban J connectivity index is 1.37. The van der Waals surface area contributed by atoms with Gasteiger partial charge >= 0.3 is 0 Å². The summed E-state index contributed by atoms with van der Waals surface area (Å²) in [5.74, 6) is 1.05. The lowest BCUT2D eigenvalue weighted by Crippen LogP contribution is -2.46. The lowest BCUT2D eigenvalue weighted by Gasteiger charge is -2.32. The number of ether oxygens (including phenoxy) is 1. The molecule has 4 rings (SSSR count). The molecule has 6 heteroatoms. The van der Waals surface area contributed by atoms with E-state index in [1.807, 2.05) is 11.1 Å². The maximum absolute atomic E-state index is 12.8. The molecule has 1 aromatic heterocycles. The van der Waals surface area contributed by atoms with Gasteiger partial charge in [-0.2, -0.15) is 0 Å². The van der Waals surface area contributed by atoms with Crippen LogP contribution in [-0.2, 0) is 6.42 Å². The maximum atomic E-state index is 12.8. The van der Waals surface area contributed by atoms with Crippen molar-refractivity contribution in [2.45, 2.75) is 19.3 Å². The summed E-state index contributed by atoms with van der Waals surface area (Å²) in [6, 6.07) is 14.2. The Labute approximate surface area is 158 Å². The van der Waals surface area contributed by atoms with E-state index < -0.39 is 0 Å². The van der Waals surface area contributed by atoms with Crippen LogP contribution in [0.4, 0.5) is 0 Å². The first-order valence-electron chi connectivity index (χ1n) is 9.34. The molecule has 0 radical (unpaired) electrons. The zero-order chi connectivity index (χ0) is 18.6. The number of carbonyl (C=O) groups is 1. The molecule has 0 atom stereocenters. The number of amides is 1. The third-order valence-electron chi connectivity index (χ3n) is 5.23. The van der Waals surface area contributed by atoms with Gasteiger partial charge in [-0.25, -0.2) is 9.99 Å². The fourth-order valence-electron chi connectivity index (χ4n) is 3.71. The summed E-state index contributed by atoms with van der Waals surface area (Å²) in [5, 5.41) is 2.01. The highest BCUT2D eigenvalue weighted by Crippen LogP contribution is 2.25. The molecular weight excluding hydrogens is 340 g/mol. The van der Waals surface area contributed by atoms with E-state index >= 15 is 0 Å². The van der Waals surface area contributed by atoms with Crippen molar-refractivity contribution in [2.24, 2.45) is 5.92 Å². The second-order valence-electron chi connectivity index (χ2n) is 7.03. The summed E-state index contributed by atoms with van der Waals surface area (Å²) >= 11 is 0. The van der Waals surface area contributed by atoms with E-state index in [9.17, 15) is 4.79 Å². The zero-order valence-corrected chi connectivity index (χ0v) is 15.4. The largest absolute Gasteiger partial charge is 0.496 e.